The zero-order valence-corrected chi connectivity index (χ0v) is 14.5. The Kier molecular flexibility index (Phi) is 3.66. The minimum Gasteiger partial charge on any atom is -0.490 e. The summed E-state index contributed by atoms with van der Waals surface area (Å²) in [5.74, 6) is 1.01. The lowest BCUT2D eigenvalue weighted by Gasteiger charge is -2.38. The third-order valence-corrected chi connectivity index (χ3v) is 5.70. The number of pyridine rings is 1. The number of nitrogens with zero attached hydrogens (tertiary/aromatic N) is 2. The van der Waals surface area contributed by atoms with Gasteiger partial charge in [-0.1, -0.05) is 18.2 Å². The minimum absolute atomic E-state index is 0.150. The number of hydrogen-bond donors (Lipinski definition) is 1. The molecule has 132 valence electrons. The van der Waals surface area contributed by atoms with Gasteiger partial charge in [-0.3, -0.25) is 9.78 Å². The van der Waals surface area contributed by atoms with Gasteiger partial charge < -0.3 is 14.6 Å². The van der Waals surface area contributed by atoms with Crippen molar-refractivity contribution in [3.05, 3.63) is 60.6 Å². The van der Waals surface area contributed by atoms with Gasteiger partial charge in [-0.15, -0.1) is 0 Å². The van der Waals surface area contributed by atoms with Gasteiger partial charge in [-0.2, -0.15) is 0 Å². The summed E-state index contributed by atoms with van der Waals surface area (Å²) in [4.78, 5) is 22.6. The fraction of sp³-hybridized carbons (Fsp3) is 0.333. The van der Waals surface area contributed by atoms with Gasteiger partial charge in [-0.25, -0.2) is 0 Å². The molecule has 0 radical (unpaired) electrons. The van der Waals surface area contributed by atoms with Crippen LogP contribution in [0.25, 0.3) is 10.9 Å². The standard InChI is InChI=1S/C21H21N3O2/c25-21(19-13-23-20-4-2-1-3-18(19)20)24-14-5-6-15(24)12-17(11-14)26-16-7-9-22-10-8-16/h1-4,7-10,13-15,17,23H,5-6,11-12H2. The molecule has 2 aromatic heterocycles. The first-order valence-electron chi connectivity index (χ1n) is 9.25. The van der Waals surface area contributed by atoms with Gasteiger partial charge >= 0.3 is 0 Å². The van der Waals surface area contributed by atoms with E-state index in [1.165, 1.54) is 0 Å². The molecule has 0 spiro atoms. The highest BCUT2D eigenvalue weighted by Crippen LogP contribution is 2.38. The van der Waals surface area contributed by atoms with Crippen molar-refractivity contribution in [2.75, 3.05) is 0 Å². The molecule has 2 aliphatic rings. The number of para-hydroxylation sites is 1. The predicted molar refractivity (Wildman–Crippen MR) is 99.2 cm³/mol. The lowest BCUT2D eigenvalue weighted by molar-refractivity contribution is 0.0360. The first kappa shape index (κ1) is 15.4. The highest BCUT2D eigenvalue weighted by atomic mass is 16.5. The molecule has 2 fully saturated rings. The highest BCUT2D eigenvalue weighted by Gasteiger charge is 2.44. The number of amides is 1. The average molecular weight is 347 g/mol. The Morgan fingerprint density at radius 1 is 1.08 bits per heavy atom. The van der Waals surface area contributed by atoms with Crippen LogP contribution in [-0.2, 0) is 0 Å². The second-order valence-electron chi connectivity index (χ2n) is 7.24. The van der Waals surface area contributed by atoms with Gasteiger partial charge in [0.15, 0.2) is 0 Å². The van der Waals surface area contributed by atoms with E-state index in [0.717, 1.165) is 47.9 Å². The number of hydrogen-bond acceptors (Lipinski definition) is 3. The number of rotatable bonds is 3. The topological polar surface area (TPSA) is 58.2 Å². The van der Waals surface area contributed by atoms with Crippen molar-refractivity contribution >= 4 is 16.8 Å². The largest absolute Gasteiger partial charge is 0.490 e. The summed E-state index contributed by atoms with van der Waals surface area (Å²) in [5.41, 5.74) is 1.80. The number of aromatic nitrogens is 2. The molecule has 2 atom stereocenters. The van der Waals surface area contributed by atoms with E-state index in [0.29, 0.717) is 0 Å². The number of piperidine rings is 1. The number of ether oxygens (including phenoxy) is 1. The second kappa shape index (κ2) is 6.16. The maximum atomic E-state index is 13.3. The third kappa shape index (κ3) is 2.55. The zero-order chi connectivity index (χ0) is 17.5. The summed E-state index contributed by atoms with van der Waals surface area (Å²) in [6, 6.07) is 12.3. The summed E-state index contributed by atoms with van der Waals surface area (Å²) >= 11 is 0. The zero-order valence-electron chi connectivity index (χ0n) is 14.5. The molecule has 2 bridgehead atoms. The van der Waals surface area contributed by atoms with Gasteiger partial charge in [0.05, 0.1) is 5.56 Å². The van der Waals surface area contributed by atoms with E-state index in [-0.39, 0.29) is 24.1 Å². The summed E-state index contributed by atoms with van der Waals surface area (Å²) < 4.78 is 6.14. The van der Waals surface area contributed by atoms with Crippen molar-refractivity contribution < 1.29 is 9.53 Å². The van der Waals surface area contributed by atoms with Crippen LogP contribution in [0.5, 0.6) is 5.75 Å². The predicted octanol–water partition coefficient (Wildman–Crippen LogP) is 3.78. The molecule has 0 saturated carbocycles. The van der Waals surface area contributed by atoms with Gasteiger partial charge in [0.25, 0.3) is 5.91 Å². The summed E-state index contributed by atoms with van der Waals surface area (Å²) in [6.07, 6.45) is 9.44. The molecule has 5 heteroatoms. The molecule has 1 N–H and O–H groups in total. The van der Waals surface area contributed by atoms with E-state index in [9.17, 15) is 4.79 Å². The van der Waals surface area contributed by atoms with Gasteiger partial charge in [0.2, 0.25) is 0 Å². The van der Waals surface area contributed by atoms with E-state index in [1.807, 2.05) is 42.6 Å². The quantitative estimate of drug-likeness (QED) is 0.784. The number of fused-ring (bicyclic) bond motifs is 3. The van der Waals surface area contributed by atoms with Crippen molar-refractivity contribution in [3.63, 3.8) is 0 Å². The molecule has 2 aliphatic heterocycles. The van der Waals surface area contributed by atoms with Gasteiger partial charge in [0.1, 0.15) is 11.9 Å². The molecule has 1 aromatic carbocycles. The number of nitrogens with one attached hydrogen (secondary N) is 1. The fourth-order valence-electron chi connectivity index (χ4n) is 4.55. The van der Waals surface area contributed by atoms with Crippen LogP contribution in [0.1, 0.15) is 36.0 Å². The lowest BCUT2D eigenvalue weighted by Crippen LogP contribution is -2.49. The first-order valence-corrected chi connectivity index (χ1v) is 9.25. The third-order valence-electron chi connectivity index (χ3n) is 5.70. The molecule has 4 heterocycles. The first-order chi connectivity index (χ1) is 12.8. The highest BCUT2D eigenvalue weighted by molar-refractivity contribution is 6.07. The molecule has 26 heavy (non-hydrogen) atoms. The Morgan fingerprint density at radius 3 is 2.58 bits per heavy atom. The summed E-state index contributed by atoms with van der Waals surface area (Å²) in [5, 5.41) is 1.01. The molecule has 3 aromatic rings. The van der Waals surface area contributed by atoms with E-state index in [1.54, 1.807) is 12.4 Å². The maximum Gasteiger partial charge on any atom is 0.256 e. The summed E-state index contributed by atoms with van der Waals surface area (Å²) in [7, 11) is 0. The van der Waals surface area contributed by atoms with Crippen LogP contribution in [0, 0.1) is 0 Å². The Morgan fingerprint density at radius 2 is 1.81 bits per heavy atom. The van der Waals surface area contributed by atoms with E-state index < -0.39 is 0 Å². The maximum absolute atomic E-state index is 13.3. The van der Waals surface area contributed by atoms with Crippen LogP contribution in [0.2, 0.25) is 0 Å². The second-order valence-corrected chi connectivity index (χ2v) is 7.24. The Hall–Kier alpha value is -2.82. The number of H-pyrrole nitrogens is 1. The smallest absolute Gasteiger partial charge is 0.256 e. The normalized spacial score (nSPS) is 24.8. The number of carbonyl (C=O) groups excluding carboxylic acids is 1. The van der Waals surface area contributed by atoms with Gasteiger partial charge in [0, 0.05) is 54.4 Å². The van der Waals surface area contributed by atoms with E-state index >= 15 is 0 Å². The van der Waals surface area contributed by atoms with Crippen molar-refractivity contribution in [1.29, 1.82) is 0 Å². The number of aromatic amines is 1. The number of carbonyl (C=O) groups is 1. The van der Waals surface area contributed by atoms with Crippen molar-refractivity contribution in [2.24, 2.45) is 0 Å². The van der Waals surface area contributed by atoms with Gasteiger partial charge in [-0.05, 0) is 31.0 Å². The fourth-order valence-corrected chi connectivity index (χ4v) is 4.55. The summed E-state index contributed by atoms with van der Waals surface area (Å²) in [6.45, 7) is 0. The van der Waals surface area contributed by atoms with Crippen LogP contribution >= 0.6 is 0 Å². The van der Waals surface area contributed by atoms with Crippen molar-refractivity contribution in [3.8, 4) is 5.75 Å². The molecule has 5 nitrogen and oxygen atoms in total. The van der Waals surface area contributed by atoms with Crippen LogP contribution in [-0.4, -0.2) is 39.0 Å². The lowest BCUT2D eigenvalue weighted by atomic mass is 9.98. The average Bonchev–Trinajstić information content (AvgIpc) is 3.21. The van der Waals surface area contributed by atoms with Crippen LogP contribution in [0.3, 0.4) is 0 Å². The molecule has 5 rings (SSSR count). The molecule has 2 saturated heterocycles. The molecular formula is C21H21N3O2. The molecule has 2 unspecified atom stereocenters. The van der Waals surface area contributed by atoms with E-state index in [2.05, 4.69) is 14.9 Å². The van der Waals surface area contributed by atoms with Crippen molar-refractivity contribution in [1.82, 2.24) is 14.9 Å². The van der Waals surface area contributed by atoms with Crippen LogP contribution in [0.4, 0.5) is 0 Å². The Labute approximate surface area is 152 Å². The van der Waals surface area contributed by atoms with Crippen LogP contribution < -0.4 is 4.74 Å². The minimum atomic E-state index is 0.150. The van der Waals surface area contributed by atoms with Crippen molar-refractivity contribution in [2.45, 2.75) is 43.9 Å². The molecule has 0 aliphatic carbocycles. The Balaban J connectivity index is 1.36. The molecule has 1 amide bonds. The molecular weight excluding hydrogens is 326 g/mol. The van der Waals surface area contributed by atoms with Crippen LogP contribution in [0.15, 0.2) is 55.0 Å². The van der Waals surface area contributed by atoms with E-state index in [4.69, 9.17) is 4.74 Å². The Bertz CT molecular complexity index is 923. The monoisotopic (exact) mass is 347 g/mol. The SMILES string of the molecule is O=C(c1c[nH]c2ccccc12)N1C2CCC1CC(Oc1ccncc1)C2. The number of benzene rings is 1.